The quantitative estimate of drug-likeness (QED) is 0.118. The number of methoxy groups -OCH3 is 2. The zero-order chi connectivity index (χ0) is 32.4. The van der Waals surface area contributed by atoms with E-state index in [-0.39, 0.29) is 6.42 Å². The van der Waals surface area contributed by atoms with Crippen LogP contribution in [0.2, 0.25) is 5.02 Å². The van der Waals surface area contributed by atoms with Gasteiger partial charge >= 0.3 is 13.7 Å². The van der Waals surface area contributed by atoms with Gasteiger partial charge in [0.25, 0.3) is 0 Å². The van der Waals surface area contributed by atoms with Crippen LogP contribution in [0.15, 0.2) is 94.5 Å². The third-order valence-electron chi connectivity index (χ3n) is 6.27. The van der Waals surface area contributed by atoms with Gasteiger partial charge in [-0.25, -0.2) is 4.79 Å². The van der Waals surface area contributed by atoms with Crippen molar-refractivity contribution in [1.82, 2.24) is 5.32 Å². The maximum Gasteiger partial charge on any atom is 0.408 e. The minimum Gasteiger partial charge on any atom is -0.489 e. The molecule has 3 rings (SSSR count). The molecule has 9 nitrogen and oxygen atoms in total. The molecule has 0 spiro atoms. The average molecular weight is 664 g/mol. The average Bonchev–Trinajstić information content (AvgIpc) is 2.94. The maximum absolute atomic E-state index is 12.9. The van der Waals surface area contributed by atoms with E-state index in [9.17, 15) is 19.1 Å². The Hall–Kier alpha value is -2.82. The minimum absolute atomic E-state index is 0.113. The van der Waals surface area contributed by atoms with Gasteiger partial charge in [0.15, 0.2) is 6.29 Å². The fourth-order valence-corrected chi connectivity index (χ4v) is 6.03. The van der Waals surface area contributed by atoms with Crippen molar-refractivity contribution >= 4 is 37.1 Å². The van der Waals surface area contributed by atoms with Crippen LogP contribution in [0.5, 0.6) is 5.75 Å². The number of nitrogens with one attached hydrogen (secondary N) is 1. The fraction of sp³-hybridized carbons (Fsp3) is 0.344. The normalized spacial score (nSPS) is 13.6. The first kappa shape index (κ1) is 35.7. The summed E-state index contributed by atoms with van der Waals surface area (Å²) in [6.07, 6.45) is -0.304. The van der Waals surface area contributed by atoms with Crippen LogP contribution >= 0.6 is 31.0 Å². The molecule has 0 saturated carbocycles. The molecule has 1 unspecified atom stereocenters. The van der Waals surface area contributed by atoms with Crippen LogP contribution in [0.1, 0.15) is 38.3 Å². The molecule has 0 aliphatic rings. The van der Waals surface area contributed by atoms with Gasteiger partial charge in [-0.3, -0.25) is 4.57 Å². The molecule has 0 aromatic heterocycles. The van der Waals surface area contributed by atoms with Crippen molar-refractivity contribution in [2.45, 2.75) is 67.4 Å². The van der Waals surface area contributed by atoms with Gasteiger partial charge in [-0.15, -0.1) is 0 Å². The second kappa shape index (κ2) is 16.0. The molecule has 0 heterocycles. The van der Waals surface area contributed by atoms with Gasteiger partial charge in [-0.1, -0.05) is 65.8 Å². The Bertz CT molecular complexity index is 1460. The van der Waals surface area contributed by atoms with Crippen LogP contribution in [-0.2, 0) is 31.8 Å². The number of rotatable bonds is 14. The van der Waals surface area contributed by atoms with Gasteiger partial charge in [0, 0.05) is 34.9 Å². The number of ether oxygens (including phenoxy) is 4. The summed E-state index contributed by atoms with van der Waals surface area (Å²) < 4.78 is 34.1. The number of carbonyl (C=O) groups is 1. The molecular formula is C32H39ClNO8PS. The molecule has 3 N–H and O–H groups in total. The van der Waals surface area contributed by atoms with Crippen LogP contribution in [-0.4, -0.2) is 47.5 Å². The number of halogens is 1. The van der Waals surface area contributed by atoms with E-state index in [2.05, 4.69) is 5.32 Å². The zero-order valence-electron chi connectivity index (χ0n) is 25.4. The number of amides is 1. The Balaban J connectivity index is 1.79. The highest BCUT2D eigenvalue weighted by Gasteiger charge is 2.41. The van der Waals surface area contributed by atoms with Crippen molar-refractivity contribution in [3.8, 4) is 5.75 Å². The Morgan fingerprint density at radius 3 is 2.30 bits per heavy atom. The van der Waals surface area contributed by atoms with E-state index in [0.717, 1.165) is 26.7 Å². The largest absolute Gasteiger partial charge is 0.489 e. The Morgan fingerprint density at radius 2 is 1.68 bits per heavy atom. The number of hydrogen-bond acceptors (Lipinski definition) is 7. The topological polar surface area (TPSA) is 124 Å². The second-order valence-electron chi connectivity index (χ2n) is 11.0. The molecule has 12 heteroatoms. The van der Waals surface area contributed by atoms with Crippen molar-refractivity contribution in [3.05, 3.63) is 101 Å². The summed E-state index contributed by atoms with van der Waals surface area (Å²) in [6.45, 7) is 5.59. The lowest BCUT2D eigenvalue weighted by Crippen LogP contribution is -2.57. The maximum atomic E-state index is 12.9. The van der Waals surface area contributed by atoms with Crippen molar-refractivity contribution in [2.75, 3.05) is 14.2 Å². The summed E-state index contributed by atoms with van der Waals surface area (Å²) in [5, 5.41) is 3.21. The van der Waals surface area contributed by atoms with Crippen molar-refractivity contribution in [3.63, 3.8) is 0 Å². The van der Waals surface area contributed by atoms with Crippen LogP contribution in [0, 0.1) is 0 Å². The van der Waals surface area contributed by atoms with E-state index in [1.165, 1.54) is 32.1 Å². The standard InChI is InChI=1S/C32H39ClNO8PS/c1-31(2,3)42-30(35)34-32(29(39-4)40-5,18-19-43(36,37)38)17-16-24-14-15-27(21-28(24)33)44-26-13-9-12-25(20-26)41-22-23-10-7-6-8-11-23/h6-15,18-21,29H,16-17,22H2,1-5H3,(H,34,35)(H2,36,37,38). The number of benzene rings is 3. The van der Waals surface area contributed by atoms with E-state index < -0.39 is 31.1 Å². The molecule has 238 valence electrons. The highest BCUT2D eigenvalue weighted by Crippen LogP contribution is 2.39. The summed E-state index contributed by atoms with van der Waals surface area (Å²) in [7, 11) is -1.86. The van der Waals surface area contributed by atoms with E-state index in [0.29, 0.717) is 23.9 Å². The second-order valence-corrected chi connectivity index (χ2v) is 14.0. The summed E-state index contributed by atoms with van der Waals surface area (Å²) in [5.41, 5.74) is -0.494. The molecule has 0 bridgehead atoms. The highest BCUT2D eigenvalue weighted by molar-refractivity contribution is 7.99. The van der Waals surface area contributed by atoms with E-state index >= 15 is 0 Å². The van der Waals surface area contributed by atoms with Gasteiger partial charge in [0.05, 0.1) is 0 Å². The van der Waals surface area contributed by atoms with Crippen LogP contribution < -0.4 is 10.1 Å². The third-order valence-corrected chi connectivity index (χ3v) is 8.14. The summed E-state index contributed by atoms with van der Waals surface area (Å²) in [5.74, 6) is 1.47. The van der Waals surface area contributed by atoms with Crippen LogP contribution in [0.4, 0.5) is 4.79 Å². The van der Waals surface area contributed by atoms with Gasteiger partial charge < -0.3 is 34.1 Å². The molecule has 1 amide bonds. The highest BCUT2D eigenvalue weighted by atomic mass is 35.5. The summed E-state index contributed by atoms with van der Waals surface area (Å²) >= 11 is 8.24. The molecule has 0 saturated heterocycles. The number of alkyl carbamates (subject to hydrolysis) is 1. The van der Waals surface area contributed by atoms with Crippen molar-refractivity contribution < 1.29 is 38.1 Å². The molecule has 0 aliphatic carbocycles. The fourth-order valence-electron chi connectivity index (χ4n) is 4.32. The predicted octanol–water partition coefficient (Wildman–Crippen LogP) is 7.58. The van der Waals surface area contributed by atoms with Crippen molar-refractivity contribution in [1.29, 1.82) is 0 Å². The van der Waals surface area contributed by atoms with E-state index in [1.807, 2.05) is 72.8 Å². The Labute approximate surface area is 268 Å². The predicted molar refractivity (Wildman–Crippen MR) is 172 cm³/mol. The van der Waals surface area contributed by atoms with Gasteiger partial charge in [-0.2, -0.15) is 0 Å². The lowest BCUT2D eigenvalue weighted by molar-refractivity contribution is -0.144. The molecule has 0 aliphatic heterocycles. The van der Waals surface area contributed by atoms with Gasteiger partial charge in [0.2, 0.25) is 0 Å². The van der Waals surface area contributed by atoms with Crippen LogP contribution in [0.3, 0.4) is 0 Å². The zero-order valence-corrected chi connectivity index (χ0v) is 27.8. The van der Waals surface area contributed by atoms with Crippen molar-refractivity contribution in [2.24, 2.45) is 0 Å². The van der Waals surface area contributed by atoms with E-state index in [4.69, 9.17) is 30.5 Å². The van der Waals surface area contributed by atoms with E-state index in [1.54, 1.807) is 20.8 Å². The minimum atomic E-state index is -4.60. The number of carbonyl (C=O) groups excluding carboxylic acids is 1. The molecule has 44 heavy (non-hydrogen) atoms. The smallest absolute Gasteiger partial charge is 0.408 e. The molecule has 0 fully saturated rings. The summed E-state index contributed by atoms with van der Waals surface area (Å²) in [6, 6.07) is 23.4. The summed E-state index contributed by atoms with van der Waals surface area (Å²) in [4.78, 5) is 33.9. The SMILES string of the molecule is COC(OC)C(C=CP(=O)(O)O)(CCc1ccc(Sc2cccc(OCc3ccccc3)c2)cc1Cl)NC(=O)OC(C)(C)C. The molecule has 3 aromatic rings. The number of aryl methyl sites for hydroxylation is 1. The van der Waals surface area contributed by atoms with Gasteiger partial charge in [0.1, 0.15) is 23.5 Å². The molecular weight excluding hydrogens is 625 g/mol. The molecule has 0 radical (unpaired) electrons. The van der Waals surface area contributed by atoms with Gasteiger partial charge in [-0.05, 0) is 81.1 Å². The lowest BCUT2D eigenvalue weighted by Gasteiger charge is -2.38. The monoisotopic (exact) mass is 663 g/mol. The third kappa shape index (κ3) is 11.6. The Morgan fingerprint density at radius 1 is 1.00 bits per heavy atom. The lowest BCUT2D eigenvalue weighted by atomic mass is 9.90. The first-order valence-electron chi connectivity index (χ1n) is 13.8. The molecule has 3 aromatic carbocycles. The molecule has 1 atom stereocenters. The first-order valence-corrected chi connectivity index (χ1v) is 16.6. The van der Waals surface area contributed by atoms with Crippen LogP contribution in [0.25, 0.3) is 0 Å². The number of hydrogen-bond donors (Lipinski definition) is 3. The Kier molecular flexibility index (Phi) is 12.9. The first-order chi connectivity index (χ1) is 20.7.